The Hall–Kier alpha value is -1.79. The van der Waals surface area contributed by atoms with E-state index in [1.807, 2.05) is 31.2 Å². The van der Waals surface area contributed by atoms with Crippen molar-refractivity contribution in [3.05, 3.63) is 30.0 Å². The molecule has 1 aliphatic heterocycles. The maximum absolute atomic E-state index is 11.4. The lowest BCUT2D eigenvalue weighted by Crippen LogP contribution is -2.09. The van der Waals surface area contributed by atoms with E-state index in [2.05, 4.69) is 9.88 Å². The topological polar surface area (TPSA) is 72.9 Å². The molecule has 0 saturated carbocycles. The summed E-state index contributed by atoms with van der Waals surface area (Å²) in [6.45, 7) is 3.29. The molecule has 0 fully saturated rings. The highest BCUT2D eigenvalue weighted by Crippen LogP contribution is 2.33. The Morgan fingerprint density at radius 3 is 2.86 bits per heavy atom. The SMILES string of the molecule is CCC(=O)Nc1ccc(-c2nc3n(c2CN)CCS3)cc1. The molecule has 21 heavy (non-hydrogen) atoms. The van der Waals surface area contributed by atoms with Crippen molar-refractivity contribution in [2.75, 3.05) is 11.1 Å². The number of thioether (sulfide) groups is 1. The minimum absolute atomic E-state index is 0.0164. The molecule has 3 N–H and O–H groups in total. The zero-order valence-electron chi connectivity index (χ0n) is 11.9. The van der Waals surface area contributed by atoms with E-state index in [4.69, 9.17) is 10.7 Å². The number of carbonyl (C=O) groups excluding carboxylic acids is 1. The number of fused-ring (bicyclic) bond motifs is 1. The third kappa shape index (κ3) is 2.69. The molecular weight excluding hydrogens is 284 g/mol. The van der Waals surface area contributed by atoms with Gasteiger partial charge in [-0.2, -0.15) is 0 Å². The molecular formula is C15H18N4OS. The van der Waals surface area contributed by atoms with Crippen molar-refractivity contribution in [1.82, 2.24) is 9.55 Å². The van der Waals surface area contributed by atoms with Crippen molar-refractivity contribution in [2.24, 2.45) is 5.73 Å². The average Bonchev–Trinajstić information content (AvgIpc) is 3.08. The van der Waals surface area contributed by atoms with E-state index in [0.717, 1.165) is 40.1 Å². The standard InChI is InChI=1S/C15H18N4OS/c1-2-13(20)17-11-5-3-10(4-6-11)14-12(9-16)19-7-8-21-15(19)18-14/h3-6H,2,7-9,16H2,1H3,(H,17,20). The van der Waals surface area contributed by atoms with Crippen LogP contribution in [0.15, 0.2) is 29.4 Å². The smallest absolute Gasteiger partial charge is 0.224 e. The summed E-state index contributed by atoms with van der Waals surface area (Å²) in [5, 5.41) is 3.89. The maximum atomic E-state index is 11.4. The van der Waals surface area contributed by atoms with Gasteiger partial charge in [-0.1, -0.05) is 30.8 Å². The number of rotatable bonds is 4. The molecule has 0 saturated heterocycles. The minimum atomic E-state index is 0.0164. The van der Waals surface area contributed by atoms with Crippen LogP contribution in [-0.4, -0.2) is 21.2 Å². The lowest BCUT2D eigenvalue weighted by atomic mass is 10.1. The first-order valence-corrected chi connectivity index (χ1v) is 8.04. The van der Waals surface area contributed by atoms with Gasteiger partial charge in [0, 0.05) is 36.5 Å². The Morgan fingerprint density at radius 2 is 2.19 bits per heavy atom. The zero-order valence-corrected chi connectivity index (χ0v) is 12.7. The Bertz CT molecular complexity index is 663. The molecule has 1 aromatic heterocycles. The fraction of sp³-hybridized carbons (Fsp3) is 0.333. The molecule has 1 aliphatic rings. The number of imidazole rings is 1. The Labute approximate surface area is 127 Å². The summed E-state index contributed by atoms with van der Waals surface area (Å²) < 4.78 is 2.20. The van der Waals surface area contributed by atoms with Crippen LogP contribution in [0.3, 0.4) is 0 Å². The molecule has 3 rings (SSSR count). The Morgan fingerprint density at radius 1 is 1.43 bits per heavy atom. The first-order valence-electron chi connectivity index (χ1n) is 7.05. The highest BCUT2D eigenvalue weighted by atomic mass is 32.2. The molecule has 5 nitrogen and oxygen atoms in total. The fourth-order valence-corrected chi connectivity index (χ4v) is 3.40. The predicted molar refractivity (Wildman–Crippen MR) is 85.2 cm³/mol. The van der Waals surface area contributed by atoms with Gasteiger partial charge in [0.05, 0.1) is 11.4 Å². The Balaban J connectivity index is 1.89. The molecule has 0 radical (unpaired) electrons. The molecule has 0 atom stereocenters. The van der Waals surface area contributed by atoms with E-state index in [9.17, 15) is 4.79 Å². The monoisotopic (exact) mass is 302 g/mol. The predicted octanol–water partition coefficient (Wildman–Crippen LogP) is 2.46. The van der Waals surface area contributed by atoms with Crippen molar-refractivity contribution < 1.29 is 4.79 Å². The lowest BCUT2D eigenvalue weighted by Gasteiger charge is -2.07. The van der Waals surface area contributed by atoms with E-state index in [1.54, 1.807) is 11.8 Å². The number of hydrogen-bond acceptors (Lipinski definition) is 4. The van der Waals surface area contributed by atoms with E-state index >= 15 is 0 Å². The zero-order chi connectivity index (χ0) is 14.8. The minimum Gasteiger partial charge on any atom is -0.326 e. The molecule has 0 aliphatic carbocycles. The third-order valence-electron chi connectivity index (χ3n) is 3.54. The number of nitrogens with one attached hydrogen (secondary N) is 1. The summed E-state index contributed by atoms with van der Waals surface area (Å²) in [6, 6.07) is 7.77. The van der Waals surface area contributed by atoms with Crippen LogP contribution in [0.5, 0.6) is 0 Å². The van der Waals surface area contributed by atoms with Crippen LogP contribution in [0.1, 0.15) is 19.0 Å². The summed E-state index contributed by atoms with van der Waals surface area (Å²) in [6.07, 6.45) is 0.476. The van der Waals surface area contributed by atoms with Crippen LogP contribution in [0.4, 0.5) is 5.69 Å². The summed E-state index contributed by atoms with van der Waals surface area (Å²) in [4.78, 5) is 16.1. The number of carbonyl (C=O) groups is 1. The Kier molecular flexibility index (Phi) is 3.98. The quantitative estimate of drug-likeness (QED) is 0.910. The second-order valence-electron chi connectivity index (χ2n) is 4.87. The largest absolute Gasteiger partial charge is 0.326 e. The second-order valence-corrected chi connectivity index (χ2v) is 5.94. The van der Waals surface area contributed by atoms with Crippen LogP contribution in [0, 0.1) is 0 Å². The van der Waals surface area contributed by atoms with Crippen molar-refractivity contribution in [3.63, 3.8) is 0 Å². The number of nitrogens with zero attached hydrogens (tertiary/aromatic N) is 2. The highest BCUT2D eigenvalue weighted by molar-refractivity contribution is 7.99. The lowest BCUT2D eigenvalue weighted by molar-refractivity contribution is -0.115. The summed E-state index contributed by atoms with van der Waals surface area (Å²) in [7, 11) is 0. The summed E-state index contributed by atoms with van der Waals surface area (Å²) >= 11 is 1.77. The fourth-order valence-electron chi connectivity index (χ4n) is 2.43. The van der Waals surface area contributed by atoms with E-state index in [1.165, 1.54) is 0 Å². The van der Waals surface area contributed by atoms with Gasteiger partial charge < -0.3 is 15.6 Å². The van der Waals surface area contributed by atoms with Gasteiger partial charge in [0.15, 0.2) is 5.16 Å². The molecule has 110 valence electrons. The molecule has 0 bridgehead atoms. The molecule has 1 amide bonds. The van der Waals surface area contributed by atoms with Crippen molar-refractivity contribution in [3.8, 4) is 11.3 Å². The van der Waals surface area contributed by atoms with Crippen molar-refractivity contribution in [1.29, 1.82) is 0 Å². The van der Waals surface area contributed by atoms with E-state index in [-0.39, 0.29) is 5.91 Å². The average molecular weight is 302 g/mol. The number of amides is 1. The van der Waals surface area contributed by atoms with Gasteiger partial charge in [-0.05, 0) is 12.1 Å². The van der Waals surface area contributed by atoms with Gasteiger partial charge in [-0.25, -0.2) is 4.98 Å². The van der Waals surface area contributed by atoms with E-state index < -0.39 is 0 Å². The first-order chi connectivity index (χ1) is 10.2. The van der Waals surface area contributed by atoms with Crippen molar-refractivity contribution in [2.45, 2.75) is 31.6 Å². The summed E-state index contributed by atoms with van der Waals surface area (Å²) in [5.41, 5.74) is 9.77. The number of hydrogen-bond donors (Lipinski definition) is 2. The molecule has 2 heterocycles. The number of anilines is 1. The van der Waals surface area contributed by atoms with Crippen molar-refractivity contribution >= 4 is 23.4 Å². The van der Waals surface area contributed by atoms with Gasteiger partial charge in [0.1, 0.15) is 0 Å². The van der Waals surface area contributed by atoms with Crippen LogP contribution in [0.2, 0.25) is 0 Å². The van der Waals surface area contributed by atoms with Crippen LogP contribution in [-0.2, 0) is 17.9 Å². The summed E-state index contributed by atoms with van der Waals surface area (Å²) in [5.74, 6) is 1.08. The number of aromatic nitrogens is 2. The molecule has 0 unspecified atom stereocenters. The molecule has 6 heteroatoms. The van der Waals surface area contributed by atoms with Gasteiger partial charge in [-0.15, -0.1) is 0 Å². The van der Waals surface area contributed by atoms with Gasteiger partial charge in [0.2, 0.25) is 5.91 Å². The highest BCUT2D eigenvalue weighted by Gasteiger charge is 2.21. The second kappa shape index (κ2) is 5.91. The van der Waals surface area contributed by atoms with Gasteiger partial charge in [0.25, 0.3) is 0 Å². The maximum Gasteiger partial charge on any atom is 0.224 e. The molecule has 2 aromatic rings. The third-order valence-corrected chi connectivity index (χ3v) is 4.50. The van der Waals surface area contributed by atoms with Crippen LogP contribution >= 0.6 is 11.8 Å². The van der Waals surface area contributed by atoms with Gasteiger partial charge >= 0.3 is 0 Å². The molecule has 1 aromatic carbocycles. The number of nitrogens with two attached hydrogens (primary N) is 1. The van der Waals surface area contributed by atoms with Crippen LogP contribution in [0.25, 0.3) is 11.3 Å². The first kappa shape index (κ1) is 14.2. The van der Waals surface area contributed by atoms with Crippen LogP contribution < -0.4 is 11.1 Å². The van der Waals surface area contributed by atoms with E-state index in [0.29, 0.717) is 13.0 Å². The number of benzene rings is 1. The van der Waals surface area contributed by atoms with Gasteiger partial charge in [-0.3, -0.25) is 4.79 Å². The molecule has 0 spiro atoms. The normalized spacial score (nSPS) is 13.2.